The van der Waals surface area contributed by atoms with Gasteiger partial charge < -0.3 is 4.90 Å². The number of hydrogen-bond donors (Lipinski definition) is 0. The molecule has 0 fully saturated rings. The molecule has 1 heterocycles. The van der Waals surface area contributed by atoms with Crippen LogP contribution >= 0.6 is 0 Å². The molecule has 25 heavy (non-hydrogen) atoms. The lowest BCUT2D eigenvalue weighted by molar-refractivity contribution is 0.180. The number of fused-ring (bicyclic) bond motifs is 1. The third-order valence-electron chi connectivity index (χ3n) is 5.77. The van der Waals surface area contributed by atoms with Crippen molar-refractivity contribution in [3.8, 4) is 11.1 Å². The van der Waals surface area contributed by atoms with Crippen LogP contribution in [0.3, 0.4) is 0 Å². The molecule has 1 unspecified atom stereocenters. The molecule has 136 valence electrons. The van der Waals surface area contributed by atoms with Crippen LogP contribution in [0.15, 0.2) is 18.2 Å². The molecule has 0 N–H and O–H groups in total. The van der Waals surface area contributed by atoms with Gasteiger partial charge in [-0.3, -0.25) is 4.68 Å². The second-order valence-electron chi connectivity index (χ2n) is 7.55. The standard InChI is InChI=1S/C22H33N3/c1-6-13-25(14-7-2)19-11-12-20-18(15-19)9-8-10-21(20)22-16(3)23-24(5)17(22)4/h8-10,19H,6-7,11-15H2,1-5H3. The zero-order valence-electron chi connectivity index (χ0n) is 16.6. The monoisotopic (exact) mass is 339 g/mol. The molecule has 0 bridgehead atoms. The fraction of sp³-hybridized carbons (Fsp3) is 0.591. The summed E-state index contributed by atoms with van der Waals surface area (Å²) in [7, 11) is 2.05. The number of rotatable bonds is 6. The first kappa shape index (κ1) is 18.2. The van der Waals surface area contributed by atoms with E-state index < -0.39 is 0 Å². The first-order chi connectivity index (χ1) is 12.1. The van der Waals surface area contributed by atoms with E-state index in [0.717, 1.165) is 5.69 Å². The Morgan fingerprint density at radius 3 is 2.48 bits per heavy atom. The van der Waals surface area contributed by atoms with Crippen molar-refractivity contribution in [2.45, 2.75) is 65.8 Å². The van der Waals surface area contributed by atoms with Gasteiger partial charge in [0.15, 0.2) is 0 Å². The average molecular weight is 340 g/mol. The van der Waals surface area contributed by atoms with E-state index in [-0.39, 0.29) is 0 Å². The fourth-order valence-corrected chi connectivity index (χ4v) is 4.55. The molecule has 0 radical (unpaired) electrons. The Morgan fingerprint density at radius 2 is 1.88 bits per heavy atom. The van der Waals surface area contributed by atoms with E-state index in [1.165, 1.54) is 62.0 Å². The van der Waals surface area contributed by atoms with Gasteiger partial charge in [-0.05, 0) is 75.7 Å². The van der Waals surface area contributed by atoms with Crippen molar-refractivity contribution in [1.82, 2.24) is 14.7 Å². The Kier molecular flexibility index (Phi) is 5.63. The maximum Gasteiger partial charge on any atom is 0.0674 e. The third kappa shape index (κ3) is 3.52. The predicted molar refractivity (Wildman–Crippen MR) is 106 cm³/mol. The van der Waals surface area contributed by atoms with E-state index in [4.69, 9.17) is 0 Å². The van der Waals surface area contributed by atoms with Gasteiger partial charge in [0.1, 0.15) is 0 Å². The zero-order valence-corrected chi connectivity index (χ0v) is 16.6. The molecule has 3 nitrogen and oxygen atoms in total. The third-order valence-corrected chi connectivity index (χ3v) is 5.77. The molecule has 0 aliphatic heterocycles. The highest BCUT2D eigenvalue weighted by molar-refractivity contribution is 5.73. The van der Waals surface area contributed by atoms with Crippen molar-refractivity contribution in [3.05, 3.63) is 40.7 Å². The summed E-state index contributed by atoms with van der Waals surface area (Å²) in [6.07, 6.45) is 6.16. The summed E-state index contributed by atoms with van der Waals surface area (Å²) in [5.74, 6) is 0. The summed E-state index contributed by atoms with van der Waals surface area (Å²) >= 11 is 0. The van der Waals surface area contributed by atoms with E-state index >= 15 is 0 Å². The summed E-state index contributed by atoms with van der Waals surface area (Å²) in [5, 5.41) is 4.64. The summed E-state index contributed by atoms with van der Waals surface area (Å²) < 4.78 is 2.01. The molecule has 1 atom stereocenters. The molecule has 3 rings (SSSR count). The van der Waals surface area contributed by atoms with E-state index in [0.29, 0.717) is 6.04 Å². The number of nitrogens with zero attached hydrogens (tertiary/aromatic N) is 3. The molecule has 0 amide bonds. The minimum Gasteiger partial charge on any atom is -0.300 e. The summed E-state index contributed by atoms with van der Waals surface area (Å²) in [6, 6.07) is 7.60. The second-order valence-corrected chi connectivity index (χ2v) is 7.55. The van der Waals surface area contributed by atoms with Gasteiger partial charge in [-0.2, -0.15) is 5.10 Å². The lowest BCUT2D eigenvalue weighted by atomic mass is 9.82. The molecule has 3 heteroatoms. The first-order valence-electron chi connectivity index (χ1n) is 9.92. The summed E-state index contributed by atoms with van der Waals surface area (Å²) in [6.45, 7) is 11.4. The van der Waals surface area contributed by atoms with Gasteiger partial charge in [-0.1, -0.05) is 32.0 Å². The number of aromatic nitrogens is 2. The van der Waals surface area contributed by atoms with Gasteiger partial charge >= 0.3 is 0 Å². The Labute approximate surface area is 153 Å². The van der Waals surface area contributed by atoms with Crippen LogP contribution in [0.1, 0.15) is 55.6 Å². The van der Waals surface area contributed by atoms with Crippen molar-refractivity contribution in [3.63, 3.8) is 0 Å². The molecule has 1 aliphatic rings. The topological polar surface area (TPSA) is 21.1 Å². The largest absolute Gasteiger partial charge is 0.300 e. The van der Waals surface area contributed by atoms with Gasteiger partial charge in [0.25, 0.3) is 0 Å². The van der Waals surface area contributed by atoms with Crippen molar-refractivity contribution in [1.29, 1.82) is 0 Å². The lowest BCUT2D eigenvalue weighted by Crippen LogP contribution is -2.40. The van der Waals surface area contributed by atoms with Crippen molar-refractivity contribution >= 4 is 0 Å². The molecule has 0 spiro atoms. The number of benzene rings is 1. The van der Waals surface area contributed by atoms with E-state index in [9.17, 15) is 0 Å². The van der Waals surface area contributed by atoms with Crippen molar-refractivity contribution in [2.24, 2.45) is 7.05 Å². The molecular formula is C22H33N3. The van der Waals surface area contributed by atoms with Crippen LogP contribution in [0.25, 0.3) is 11.1 Å². The Morgan fingerprint density at radius 1 is 1.16 bits per heavy atom. The van der Waals surface area contributed by atoms with Crippen LogP contribution in [0, 0.1) is 13.8 Å². The predicted octanol–water partition coefficient (Wildman–Crippen LogP) is 4.68. The van der Waals surface area contributed by atoms with E-state index in [1.54, 1.807) is 11.1 Å². The van der Waals surface area contributed by atoms with Gasteiger partial charge in [-0.15, -0.1) is 0 Å². The minimum absolute atomic E-state index is 0.707. The van der Waals surface area contributed by atoms with Crippen LogP contribution in [-0.2, 0) is 19.9 Å². The Balaban J connectivity index is 1.93. The van der Waals surface area contributed by atoms with Crippen LogP contribution in [0.4, 0.5) is 0 Å². The number of aryl methyl sites for hydroxylation is 2. The molecule has 1 aliphatic carbocycles. The summed E-state index contributed by atoms with van der Waals surface area (Å²) in [4.78, 5) is 2.72. The highest BCUT2D eigenvalue weighted by Gasteiger charge is 2.26. The quantitative estimate of drug-likeness (QED) is 0.762. The maximum absolute atomic E-state index is 4.64. The molecule has 1 aromatic heterocycles. The van der Waals surface area contributed by atoms with Crippen LogP contribution < -0.4 is 0 Å². The maximum atomic E-state index is 4.64. The Bertz CT molecular complexity index is 723. The van der Waals surface area contributed by atoms with Gasteiger partial charge in [0, 0.05) is 24.3 Å². The fourth-order valence-electron chi connectivity index (χ4n) is 4.55. The second kappa shape index (κ2) is 7.74. The molecular weight excluding hydrogens is 306 g/mol. The molecule has 2 aromatic rings. The SMILES string of the molecule is CCCN(CCC)C1CCc2c(cccc2-c2c(C)nn(C)c2C)C1. The summed E-state index contributed by atoms with van der Waals surface area (Å²) in [5.41, 5.74) is 8.29. The van der Waals surface area contributed by atoms with Gasteiger partial charge in [0.05, 0.1) is 5.69 Å². The van der Waals surface area contributed by atoms with E-state index in [2.05, 4.69) is 55.9 Å². The van der Waals surface area contributed by atoms with Crippen LogP contribution in [0.2, 0.25) is 0 Å². The van der Waals surface area contributed by atoms with Crippen molar-refractivity contribution in [2.75, 3.05) is 13.1 Å². The molecule has 1 aromatic carbocycles. The highest BCUT2D eigenvalue weighted by Crippen LogP contribution is 2.35. The highest BCUT2D eigenvalue weighted by atomic mass is 15.3. The van der Waals surface area contributed by atoms with Gasteiger partial charge in [-0.25, -0.2) is 0 Å². The van der Waals surface area contributed by atoms with Crippen LogP contribution in [-0.4, -0.2) is 33.8 Å². The Hall–Kier alpha value is -1.61. The van der Waals surface area contributed by atoms with Crippen molar-refractivity contribution < 1.29 is 0 Å². The minimum atomic E-state index is 0.707. The zero-order chi connectivity index (χ0) is 18.0. The van der Waals surface area contributed by atoms with E-state index in [1.807, 2.05) is 11.7 Å². The first-order valence-corrected chi connectivity index (χ1v) is 9.92. The number of hydrogen-bond acceptors (Lipinski definition) is 2. The van der Waals surface area contributed by atoms with Gasteiger partial charge in [0.2, 0.25) is 0 Å². The molecule has 0 saturated heterocycles. The normalized spacial score (nSPS) is 17.1. The lowest BCUT2D eigenvalue weighted by Gasteiger charge is -2.35. The molecule has 0 saturated carbocycles. The average Bonchev–Trinajstić information content (AvgIpc) is 2.86. The smallest absolute Gasteiger partial charge is 0.0674 e. The van der Waals surface area contributed by atoms with Crippen LogP contribution in [0.5, 0.6) is 0 Å².